The van der Waals surface area contributed by atoms with Gasteiger partial charge in [-0.3, -0.25) is 0 Å². The summed E-state index contributed by atoms with van der Waals surface area (Å²) in [4.78, 5) is 10.3. The Morgan fingerprint density at radius 3 is 3.00 bits per heavy atom. The molecule has 11 heavy (non-hydrogen) atoms. The third kappa shape index (κ3) is 0.984. The van der Waals surface area contributed by atoms with Crippen molar-refractivity contribution in [2.45, 2.75) is 31.9 Å². The summed E-state index contributed by atoms with van der Waals surface area (Å²) in [6, 6.07) is -0.0510. The topological polar surface area (TPSA) is 38.7 Å². The van der Waals surface area contributed by atoms with E-state index in [0.29, 0.717) is 24.5 Å². The molecule has 0 N–H and O–H groups in total. The lowest BCUT2D eigenvalue weighted by molar-refractivity contribution is 0.0715. The quantitative estimate of drug-likeness (QED) is 0.539. The molecule has 0 bridgehead atoms. The number of fused-ring (bicyclic) bond motifs is 1. The highest BCUT2D eigenvalue weighted by atomic mass is 16.5. The first-order valence-corrected chi connectivity index (χ1v) is 4.27. The molecule has 62 valence electrons. The third-order valence-electron chi connectivity index (χ3n) is 3.03. The van der Waals surface area contributed by atoms with E-state index in [0.717, 1.165) is 6.42 Å². The van der Waals surface area contributed by atoms with Crippen molar-refractivity contribution in [1.82, 2.24) is 0 Å². The average Bonchev–Trinajstić information content (AvgIpc) is 2.53. The molecule has 3 heteroatoms. The molecule has 0 radical (unpaired) electrons. The molecular formula is C8H13NO2. The van der Waals surface area contributed by atoms with Gasteiger partial charge in [0.05, 0.1) is 12.7 Å². The second-order valence-corrected chi connectivity index (χ2v) is 3.69. The molecule has 1 saturated carbocycles. The lowest BCUT2D eigenvalue weighted by Crippen LogP contribution is -2.19. The Morgan fingerprint density at radius 2 is 2.27 bits per heavy atom. The van der Waals surface area contributed by atoms with Crippen LogP contribution >= 0.6 is 0 Å². The van der Waals surface area contributed by atoms with Crippen LogP contribution in [0.15, 0.2) is 5.18 Å². The van der Waals surface area contributed by atoms with E-state index >= 15 is 0 Å². The maximum Gasteiger partial charge on any atom is 0.120 e. The molecule has 0 amide bonds. The van der Waals surface area contributed by atoms with Crippen LogP contribution in [0.5, 0.6) is 0 Å². The monoisotopic (exact) mass is 155 g/mol. The molecule has 4 atom stereocenters. The van der Waals surface area contributed by atoms with Crippen molar-refractivity contribution < 1.29 is 4.74 Å². The maximum atomic E-state index is 10.3. The van der Waals surface area contributed by atoms with E-state index in [4.69, 9.17) is 4.74 Å². The molecule has 0 aromatic heterocycles. The van der Waals surface area contributed by atoms with Gasteiger partial charge >= 0.3 is 0 Å². The van der Waals surface area contributed by atoms with Gasteiger partial charge in [0.1, 0.15) is 6.04 Å². The molecule has 2 fully saturated rings. The molecule has 1 aliphatic carbocycles. The molecular weight excluding hydrogens is 142 g/mol. The van der Waals surface area contributed by atoms with Crippen molar-refractivity contribution in [2.75, 3.05) is 6.61 Å². The first-order chi connectivity index (χ1) is 5.33. The minimum absolute atomic E-state index is 0.0510. The van der Waals surface area contributed by atoms with Crippen LogP contribution in [0.3, 0.4) is 0 Å². The molecule has 1 aliphatic heterocycles. The zero-order chi connectivity index (χ0) is 7.84. The van der Waals surface area contributed by atoms with Gasteiger partial charge in [-0.05, 0) is 18.8 Å². The Morgan fingerprint density at radius 1 is 1.45 bits per heavy atom. The number of hydrogen-bond acceptors (Lipinski definition) is 3. The lowest BCUT2D eigenvalue weighted by atomic mass is 9.98. The summed E-state index contributed by atoms with van der Waals surface area (Å²) in [5.74, 6) is 1.06. The highest BCUT2D eigenvalue weighted by molar-refractivity contribution is 4.95. The standard InChI is InChI=1S/C8H13NO2/c1-5-2-3-6-7(9-10)4-11-8(5)6/h5-8H,2-4H2,1H3. The minimum Gasteiger partial charge on any atom is -0.375 e. The van der Waals surface area contributed by atoms with E-state index in [-0.39, 0.29) is 6.04 Å². The molecule has 3 nitrogen and oxygen atoms in total. The van der Waals surface area contributed by atoms with Gasteiger partial charge in [0, 0.05) is 5.92 Å². The van der Waals surface area contributed by atoms with Crippen LogP contribution in [-0.4, -0.2) is 18.8 Å². The number of rotatable bonds is 1. The van der Waals surface area contributed by atoms with E-state index in [2.05, 4.69) is 12.1 Å². The Balaban J connectivity index is 2.10. The van der Waals surface area contributed by atoms with Crippen molar-refractivity contribution in [2.24, 2.45) is 17.0 Å². The predicted molar refractivity (Wildman–Crippen MR) is 41.2 cm³/mol. The van der Waals surface area contributed by atoms with E-state index in [1.165, 1.54) is 6.42 Å². The fourth-order valence-electron chi connectivity index (χ4n) is 2.35. The van der Waals surface area contributed by atoms with Crippen LogP contribution < -0.4 is 0 Å². The van der Waals surface area contributed by atoms with E-state index in [1.54, 1.807) is 0 Å². The van der Waals surface area contributed by atoms with Crippen LogP contribution in [0.1, 0.15) is 19.8 Å². The zero-order valence-electron chi connectivity index (χ0n) is 6.69. The SMILES string of the molecule is CC1CCC2C(N=O)COC12. The van der Waals surface area contributed by atoms with Crippen molar-refractivity contribution in [3.63, 3.8) is 0 Å². The number of hydrogen-bond donors (Lipinski definition) is 0. The first-order valence-electron chi connectivity index (χ1n) is 4.27. The number of ether oxygens (including phenoxy) is 1. The maximum absolute atomic E-state index is 10.3. The Bertz CT molecular complexity index is 171. The Hall–Kier alpha value is -0.440. The fraction of sp³-hybridized carbons (Fsp3) is 1.00. The summed E-state index contributed by atoms with van der Waals surface area (Å²) in [7, 11) is 0. The second-order valence-electron chi connectivity index (χ2n) is 3.69. The Kier molecular flexibility index (Phi) is 1.68. The van der Waals surface area contributed by atoms with E-state index in [1.807, 2.05) is 0 Å². The summed E-state index contributed by atoms with van der Waals surface area (Å²) >= 11 is 0. The molecule has 0 spiro atoms. The van der Waals surface area contributed by atoms with Gasteiger partial charge in [0.15, 0.2) is 0 Å². The third-order valence-corrected chi connectivity index (χ3v) is 3.03. The molecule has 2 aliphatic rings. The van der Waals surface area contributed by atoms with Gasteiger partial charge in [-0.1, -0.05) is 12.1 Å². The molecule has 1 heterocycles. The summed E-state index contributed by atoms with van der Waals surface area (Å²) in [6.45, 7) is 2.75. The average molecular weight is 155 g/mol. The van der Waals surface area contributed by atoms with Crippen molar-refractivity contribution in [3.05, 3.63) is 4.91 Å². The largest absolute Gasteiger partial charge is 0.375 e. The van der Waals surface area contributed by atoms with Gasteiger partial charge < -0.3 is 4.74 Å². The number of nitroso groups, excluding NO2 is 1. The second kappa shape index (κ2) is 2.55. The zero-order valence-corrected chi connectivity index (χ0v) is 6.69. The predicted octanol–water partition coefficient (Wildman–Crippen LogP) is 1.57. The van der Waals surface area contributed by atoms with Crippen LogP contribution in [0.25, 0.3) is 0 Å². The number of nitrogens with zero attached hydrogens (tertiary/aromatic N) is 1. The van der Waals surface area contributed by atoms with Crippen molar-refractivity contribution in [1.29, 1.82) is 0 Å². The molecule has 0 aromatic carbocycles. The van der Waals surface area contributed by atoms with E-state index < -0.39 is 0 Å². The van der Waals surface area contributed by atoms with Crippen molar-refractivity contribution >= 4 is 0 Å². The van der Waals surface area contributed by atoms with E-state index in [9.17, 15) is 4.91 Å². The fourth-order valence-corrected chi connectivity index (χ4v) is 2.35. The van der Waals surface area contributed by atoms with Gasteiger partial charge in [-0.15, -0.1) is 0 Å². The van der Waals surface area contributed by atoms with Gasteiger partial charge in [-0.25, -0.2) is 0 Å². The molecule has 1 saturated heterocycles. The minimum atomic E-state index is -0.0510. The van der Waals surface area contributed by atoms with Gasteiger partial charge in [0.2, 0.25) is 0 Å². The first kappa shape index (κ1) is 7.22. The molecule has 4 unspecified atom stereocenters. The lowest BCUT2D eigenvalue weighted by Gasteiger charge is -2.12. The highest BCUT2D eigenvalue weighted by Gasteiger charge is 2.45. The van der Waals surface area contributed by atoms with Crippen LogP contribution in [0.2, 0.25) is 0 Å². The smallest absolute Gasteiger partial charge is 0.120 e. The molecule has 0 aromatic rings. The van der Waals surface area contributed by atoms with Crippen molar-refractivity contribution in [3.8, 4) is 0 Å². The molecule has 2 rings (SSSR count). The van der Waals surface area contributed by atoms with Crippen LogP contribution in [0.4, 0.5) is 0 Å². The summed E-state index contributed by atoms with van der Waals surface area (Å²) < 4.78 is 5.50. The summed E-state index contributed by atoms with van der Waals surface area (Å²) in [6.07, 6.45) is 2.65. The summed E-state index contributed by atoms with van der Waals surface area (Å²) in [5, 5.41) is 3.09. The summed E-state index contributed by atoms with van der Waals surface area (Å²) in [5.41, 5.74) is 0. The van der Waals surface area contributed by atoms with Gasteiger partial charge in [-0.2, -0.15) is 4.91 Å². The Labute approximate surface area is 66.1 Å². The van der Waals surface area contributed by atoms with Crippen LogP contribution in [0, 0.1) is 16.7 Å². The van der Waals surface area contributed by atoms with Crippen LogP contribution in [-0.2, 0) is 4.74 Å². The highest BCUT2D eigenvalue weighted by Crippen LogP contribution is 2.40. The normalized spacial score (nSPS) is 49.2. The van der Waals surface area contributed by atoms with Gasteiger partial charge in [0.25, 0.3) is 0 Å².